The van der Waals surface area contributed by atoms with Crippen LogP contribution >= 0.6 is 22.7 Å². The molecule has 0 radical (unpaired) electrons. The van der Waals surface area contributed by atoms with Crippen LogP contribution in [-0.4, -0.2) is 35.4 Å². The minimum atomic E-state index is -0.145. The molecule has 0 atom stereocenters. The highest BCUT2D eigenvalue weighted by atomic mass is 32.1. The van der Waals surface area contributed by atoms with E-state index in [4.69, 9.17) is 0 Å². The molecule has 0 aromatic carbocycles. The van der Waals surface area contributed by atoms with Crippen LogP contribution in [0.2, 0.25) is 0 Å². The summed E-state index contributed by atoms with van der Waals surface area (Å²) < 4.78 is 0. The molecule has 2 rings (SSSR count). The summed E-state index contributed by atoms with van der Waals surface area (Å²) in [5.74, 6) is -0.171. The van der Waals surface area contributed by atoms with Crippen LogP contribution in [-0.2, 0) is 4.79 Å². The second-order valence-electron chi connectivity index (χ2n) is 4.29. The Balaban J connectivity index is 2.11. The molecule has 8 heteroatoms. The van der Waals surface area contributed by atoms with Crippen LogP contribution in [0.15, 0.2) is 11.6 Å². The van der Waals surface area contributed by atoms with Crippen LogP contribution in [0.3, 0.4) is 0 Å². The molecule has 1 N–H and O–H groups in total. The molecular formula is C14H16N4O2S2. The number of hydrogen-bond donors (Lipinski definition) is 1. The number of thiazole rings is 2. The van der Waals surface area contributed by atoms with E-state index in [9.17, 15) is 9.59 Å². The zero-order chi connectivity index (χ0) is 16.1. The van der Waals surface area contributed by atoms with Gasteiger partial charge >= 0.3 is 0 Å². The van der Waals surface area contributed by atoms with E-state index in [2.05, 4.69) is 15.3 Å². The van der Waals surface area contributed by atoms with E-state index < -0.39 is 0 Å². The summed E-state index contributed by atoms with van der Waals surface area (Å²) in [6, 6.07) is 0. The molecule has 0 spiro atoms. The number of carbonyl (C=O) groups is 2. The molecular weight excluding hydrogens is 320 g/mol. The zero-order valence-corrected chi connectivity index (χ0v) is 14.1. The van der Waals surface area contributed by atoms with Crippen molar-refractivity contribution in [2.45, 2.75) is 13.8 Å². The predicted molar refractivity (Wildman–Crippen MR) is 90.2 cm³/mol. The fourth-order valence-corrected chi connectivity index (χ4v) is 3.39. The lowest BCUT2D eigenvalue weighted by Crippen LogP contribution is -2.27. The van der Waals surface area contributed by atoms with Gasteiger partial charge in [0.25, 0.3) is 5.91 Å². The number of aromatic nitrogens is 2. The summed E-state index contributed by atoms with van der Waals surface area (Å²) in [6.07, 6.45) is 5.17. The largest absolute Gasteiger partial charge is 0.354 e. The van der Waals surface area contributed by atoms with Crippen molar-refractivity contribution in [1.29, 1.82) is 0 Å². The molecule has 2 heterocycles. The maximum absolute atomic E-state index is 11.5. The number of carbonyl (C=O) groups excluding carboxylic acids is 2. The van der Waals surface area contributed by atoms with Crippen LogP contribution in [0.25, 0.3) is 12.2 Å². The van der Waals surface area contributed by atoms with Crippen molar-refractivity contribution in [1.82, 2.24) is 15.3 Å². The van der Waals surface area contributed by atoms with Crippen LogP contribution in [0.4, 0.5) is 5.13 Å². The molecule has 2 aromatic rings. The third kappa shape index (κ3) is 3.77. The summed E-state index contributed by atoms with van der Waals surface area (Å²) in [7, 11) is 1.59. The van der Waals surface area contributed by atoms with Gasteiger partial charge in [-0.2, -0.15) is 0 Å². The van der Waals surface area contributed by atoms with Gasteiger partial charge in [0, 0.05) is 25.9 Å². The lowest BCUT2D eigenvalue weighted by atomic mass is 10.4. The summed E-state index contributed by atoms with van der Waals surface area (Å²) >= 11 is 2.73. The first kappa shape index (κ1) is 16.3. The quantitative estimate of drug-likeness (QED) is 0.910. The van der Waals surface area contributed by atoms with E-state index in [-0.39, 0.29) is 11.8 Å². The van der Waals surface area contributed by atoms with Crippen molar-refractivity contribution in [3.8, 4) is 0 Å². The van der Waals surface area contributed by atoms with Crippen molar-refractivity contribution in [2.75, 3.05) is 18.5 Å². The number of nitrogens with zero attached hydrogens (tertiary/aromatic N) is 3. The number of anilines is 1. The molecule has 0 saturated heterocycles. The molecule has 0 bridgehead atoms. The van der Waals surface area contributed by atoms with Crippen LogP contribution in [0.1, 0.15) is 34.2 Å². The predicted octanol–water partition coefficient (Wildman–Crippen LogP) is 2.50. The average molecular weight is 336 g/mol. The SMILES string of the molecule is CCN(C(C)=O)c1nc(/C=C/c2ncc(C(=O)NC)s2)cs1. The Morgan fingerprint density at radius 1 is 1.41 bits per heavy atom. The van der Waals surface area contributed by atoms with Crippen molar-refractivity contribution < 1.29 is 9.59 Å². The molecule has 0 aliphatic carbocycles. The first-order valence-corrected chi connectivity index (χ1v) is 8.34. The molecule has 0 aliphatic rings. The summed E-state index contributed by atoms with van der Waals surface area (Å²) in [5.41, 5.74) is 0.761. The molecule has 0 saturated carbocycles. The van der Waals surface area contributed by atoms with Crippen molar-refractivity contribution in [3.63, 3.8) is 0 Å². The van der Waals surface area contributed by atoms with Gasteiger partial charge in [0.2, 0.25) is 5.91 Å². The minimum absolute atomic E-state index is 0.0254. The molecule has 116 valence electrons. The number of hydrogen-bond acceptors (Lipinski definition) is 6. The lowest BCUT2D eigenvalue weighted by molar-refractivity contribution is -0.116. The molecule has 2 aromatic heterocycles. The van der Waals surface area contributed by atoms with Crippen molar-refractivity contribution >= 4 is 51.8 Å². The van der Waals surface area contributed by atoms with E-state index >= 15 is 0 Å². The monoisotopic (exact) mass is 336 g/mol. The van der Waals surface area contributed by atoms with E-state index in [1.807, 2.05) is 18.4 Å². The third-order valence-electron chi connectivity index (χ3n) is 2.81. The van der Waals surface area contributed by atoms with E-state index in [1.54, 1.807) is 24.2 Å². The first-order valence-electron chi connectivity index (χ1n) is 6.64. The summed E-state index contributed by atoms with van der Waals surface area (Å²) in [6.45, 7) is 4.03. The zero-order valence-electron chi connectivity index (χ0n) is 12.5. The maximum Gasteiger partial charge on any atom is 0.262 e. The second-order valence-corrected chi connectivity index (χ2v) is 6.19. The van der Waals surface area contributed by atoms with Gasteiger partial charge in [-0.25, -0.2) is 9.97 Å². The molecule has 0 aliphatic heterocycles. The van der Waals surface area contributed by atoms with Crippen LogP contribution in [0.5, 0.6) is 0 Å². The van der Waals surface area contributed by atoms with Gasteiger partial charge in [-0.1, -0.05) is 0 Å². The maximum atomic E-state index is 11.5. The van der Waals surface area contributed by atoms with Gasteiger partial charge in [-0.15, -0.1) is 22.7 Å². The van der Waals surface area contributed by atoms with Gasteiger partial charge in [-0.3, -0.25) is 14.5 Å². The Bertz CT molecular complexity index is 705. The van der Waals surface area contributed by atoms with Gasteiger partial charge in [0.05, 0.1) is 11.9 Å². The standard InChI is InChI=1S/C14H16N4O2S2/c1-4-18(9(2)19)14-17-10(8-21-14)5-6-12-16-7-11(22-12)13(20)15-3/h5-8H,4H2,1-3H3,(H,15,20)/b6-5+. The fourth-order valence-electron chi connectivity index (χ4n) is 1.72. The Kier molecular flexibility index (Phi) is 5.40. The van der Waals surface area contributed by atoms with Gasteiger partial charge in [-0.05, 0) is 19.1 Å². The van der Waals surface area contributed by atoms with E-state index in [0.717, 1.165) is 10.7 Å². The van der Waals surface area contributed by atoms with Crippen LogP contribution in [0, 0.1) is 0 Å². The number of rotatable bonds is 5. The van der Waals surface area contributed by atoms with Crippen LogP contribution < -0.4 is 10.2 Å². The molecule has 0 fully saturated rings. The third-order valence-corrected chi connectivity index (χ3v) is 4.65. The van der Waals surface area contributed by atoms with Gasteiger partial charge < -0.3 is 5.32 Å². The number of amides is 2. The Labute approximate surface area is 136 Å². The highest BCUT2D eigenvalue weighted by molar-refractivity contribution is 7.14. The van der Waals surface area contributed by atoms with Crippen molar-refractivity contribution in [2.24, 2.45) is 0 Å². The van der Waals surface area contributed by atoms with E-state index in [0.29, 0.717) is 16.6 Å². The number of nitrogens with one attached hydrogen (secondary N) is 1. The highest BCUT2D eigenvalue weighted by Crippen LogP contribution is 2.22. The lowest BCUT2D eigenvalue weighted by Gasteiger charge is -2.14. The summed E-state index contributed by atoms with van der Waals surface area (Å²) in [5, 5.41) is 5.85. The average Bonchev–Trinajstić information content (AvgIpc) is 3.14. The van der Waals surface area contributed by atoms with Gasteiger partial charge in [0.1, 0.15) is 9.88 Å². The van der Waals surface area contributed by atoms with E-state index in [1.165, 1.54) is 29.6 Å². The smallest absolute Gasteiger partial charge is 0.262 e. The second kappa shape index (κ2) is 7.28. The molecule has 6 nitrogen and oxygen atoms in total. The Morgan fingerprint density at radius 3 is 2.82 bits per heavy atom. The molecule has 0 unspecified atom stereocenters. The summed E-state index contributed by atoms with van der Waals surface area (Å²) in [4.78, 5) is 33.7. The van der Waals surface area contributed by atoms with Crippen molar-refractivity contribution in [3.05, 3.63) is 27.2 Å². The molecule has 22 heavy (non-hydrogen) atoms. The van der Waals surface area contributed by atoms with Gasteiger partial charge in [0.15, 0.2) is 5.13 Å². The highest BCUT2D eigenvalue weighted by Gasteiger charge is 2.12. The Morgan fingerprint density at radius 2 is 2.18 bits per heavy atom. The Hall–Kier alpha value is -2.06. The fraction of sp³-hybridized carbons (Fsp3) is 0.286. The topological polar surface area (TPSA) is 75.2 Å². The minimum Gasteiger partial charge on any atom is -0.354 e. The normalized spacial score (nSPS) is 10.9. The molecule has 2 amide bonds. The first-order chi connectivity index (χ1) is 10.5.